The van der Waals surface area contributed by atoms with Crippen molar-refractivity contribution in [2.75, 3.05) is 0 Å². The van der Waals surface area contributed by atoms with Gasteiger partial charge in [-0.1, -0.05) is 30.3 Å². The summed E-state index contributed by atoms with van der Waals surface area (Å²) in [6, 6.07) is 8.51. The van der Waals surface area contributed by atoms with Gasteiger partial charge in [0.2, 0.25) is 0 Å². The smallest absolute Gasteiger partial charge is 0.00135 e. The Hall–Kier alpha value is -1.52. The molecule has 0 saturated carbocycles. The first-order chi connectivity index (χ1) is 6.40. The molecule has 13 heavy (non-hydrogen) atoms. The topological polar surface area (TPSA) is 0 Å². The van der Waals surface area contributed by atoms with E-state index in [1.807, 2.05) is 13.0 Å². The van der Waals surface area contributed by atoms with Crippen LogP contribution in [-0.4, -0.2) is 0 Å². The summed E-state index contributed by atoms with van der Waals surface area (Å²) in [6.45, 7) is 1.99. The number of hydrogen-bond acceptors (Lipinski definition) is 0. The van der Waals surface area contributed by atoms with Gasteiger partial charge in [-0.25, -0.2) is 0 Å². The molecule has 0 radical (unpaired) electrons. The largest absolute Gasteiger partial charge is 0.125 e. The average Bonchev–Trinajstić information content (AvgIpc) is 2.57. The van der Waals surface area contributed by atoms with Crippen molar-refractivity contribution in [1.82, 2.24) is 0 Å². The second kappa shape index (κ2) is 3.47. The normalized spacial score (nSPS) is 12.8. The van der Waals surface area contributed by atoms with Crippen molar-refractivity contribution in [3.8, 4) is 0 Å². The third kappa shape index (κ3) is 1.63. The van der Waals surface area contributed by atoms with E-state index in [1.165, 1.54) is 16.7 Å². The van der Waals surface area contributed by atoms with Crippen LogP contribution in [0.5, 0.6) is 0 Å². The molecule has 1 aromatic rings. The number of rotatable bonds is 1. The van der Waals surface area contributed by atoms with E-state index < -0.39 is 0 Å². The third-order valence-electron chi connectivity index (χ3n) is 2.23. The molecular weight excluding hydrogens is 156 g/mol. The molecule has 0 saturated heterocycles. The van der Waals surface area contributed by atoms with Crippen molar-refractivity contribution >= 4 is 6.08 Å². The van der Waals surface area contributed by atoms with E-state index in [4.69, 9.17) is 0 Å². The summed E-state index contributed by atoms with van der Waals surface area (Å²) >= 11 is 0. The lowest BCUT2D eigenvalue weighted by Crippen LogP contribution is -1.80. The van der Waals surface area contributed by atoms with E-state index in [1.54, 1.807) is 0 Å². The Labute approximate surface area is 78.9 Å². The molecule has 64 valence electrons. The van der Waals surface area contributed by atoms with Crippen LogP contribution in [0.3, 0.4) is 0 Å². The Kier molecular flexibility index (Phi) is 2.16. The van der Waals surface area contributed by atoms with Crippen LogP contribution in [0.2, 0.25) is 0 Å². The average molecular weight is 168 g/mol. The lowest BCUT2D eigenvalue weighted by atomic mass is 10.1. The summed E-state index contributed by atoms with van der Waals surface area (Å²) < 4.78 is 0. The summed E-state index contributed by atoms with van der Waals surface area (Å²) in [5.74, 6) is 0. The predicted octanol–water partition coefficient (Wildman–Crippen LogP) is 3.36. The molecule has 0 atom stereocenters. The molecule has 0 aromatic heterocycles. The molecule has 0 fully saturated rings. The van der Waals surface area contributed by atoms with E-state index in [9.17, 15) is 0 Å². The van der Waals surface area contributed by atoms with Crippen molar-refractivity contribution in [2.45, 2.75) is 13.3 Å². The van der Waals surface area contributed by atoms with Gasteiger partial charge in [0.25, 0.3) is 0 Å². The minimum Gasteiger partial charge on any atom is -0.125 e. The van der Waals surface area contributed by atoms with Gasteiger partial charge in [-0.3, -0.25) is 0 Å². The molecular formula is C13H12. The number of allylic oxidation sites excluding steroid dienone is 2. The van der Waals surface area contributed by atoms with Crippen LogP contribution in [0, 0.1) is 0 Å². The predicted molar refractivity (Wildman–Crippen MR) is 56.5 cm³/mol. The van der Waals surface area contributed by atoms with Crippen molar-refractivity contribution in [3.05, 3.63) is 58.8 Å². The van der Waals surface area contributed by atoms with E-state index in [2.05, 4.69) is 42.1 Å². The molecule has 2 rings (SSSR count). The van der Waals surface area contributed by atoms with Gasteiger partial charge < -0.3 is 0 Å². The standard InChI is InChI=1S/C13H12/c1-2-3-6-11-9-12-7-4-5-8-13(12)10-11/h2,4-9H,10H2,1H3. The summed E-state index contributed by atoms with van der Waals surface area (Å²) in [7, 11) is 0. The van der Waals surface area contributed by atoms with Crippen molar-refractivity contribution < 1.29 is 0 Å². The monoisotopic (exact) mass is 168 g/mol. The van der Waals surface area contributed by atoms with E-state index in [-0.39, 0.29) is 0 Å². The Morgan fingerprint density at radius 2 is 2.15 bits per heavy atom. The quantitative estimate of drug-likeness (QED) is 0.564. The zero-order valence-corrected chi connectivity index (χ0v) is 7.75. The zero-order valence-electron chi connectivity index (χ0n) is 7.75. The fraction of sp³-hybridized carbons (Fsp3) is 0.154. The van der Waals surface area contributed by atoms with E-state index in [0.29, 0.717) is 0 Å². The van der Waals surface area contributed by atoms with Gasteiger partial charge in [0.05, 0.1) is 0 Å². The second-order valence-electron chi connectivity index (χ2n) is 3.19. The molecule has 1 aliphatic rings. The fourth-order valence-corrected chi connectivity index (χ4v) is 1.59. The molecule has 0 bridgehead atoms. The molecule has 0 heterocycles. The Morgan fingerprint density at radius 1 is 1.31 bits per heavy atom. The number of fused-ring (bicyclic) bond motifs is 1. The molecule has 0 spiro atoms. The van der Waals surface area contributed by atoms with Crippen LogP contribution in [0.15, 0.2) is 47.7 Å². The Bertz CT molecular complexity index is 402. The van der Waals surface area contributed by atoms with Gasteiger partial charge in [0, 0.05) is 0 Å². The summed E-state index contributed by atoms with van der Waals surface area (Å²) in [4.78, 5) is 0. The number of hydrogen-bond donors (Lipinski definition) is 0. The molecule has 0 aliphatic heterocycles. The lowest BCUT2D eigenvalue weighted by molar-refractivity contribution is 1.25. The van der Waals surface area contributed by atoms with Gasteiger partial charge in [0.15, 0.2) is 0 Å². The van der Waals surface area contributed by atoms with Crippen LogP contribution in [0.25, 0.3) is 6.08 Å². The Balaban J connectivity index is 2.31. The van der Waals surface area contributed by atoms with Gasteiger partial charge in [-0.15, -0.1) is 5.73 Å². The lowest BCUT2D eigenvalue weighted by Gasteiger charge is -1.94. The SMILES string of the molecule is CC=C=CC1=Cc2ccccc2C1. The van der Waals surface area contributed by atoms with Crippen LogP contribution in [-0.2, 0) is 6.42 Å². The third-order valence-corrected chi connectivity index (χ3v) is 2.23. The second-order valence-corrected chi connectivity index (χ2v) is 3.19. The van der Waals surface area contributed by atoms with E-state index in [0.717, 1.165) is 6.42 Å². The molecule has 0 unspecified atom stereocenters. The highest BCUT2D eigenvalue weighted by Crippen LogP contribution is 2.24. The molecule has 0 N–H and O–H groups in total. The van der Waals surface area contributed by atoms with Gasteiger partial charge in [-0.2, -0.15) is 0 Å². The van der Waals surface area contributed by atoms with Crippen LogP contribution < -0.4 is 0 Å². The molecule has 1 aromatic carbocycles. The first kappa shape index (κ1) is 8.10. The van der Waals surface area contributed by atoms with Gasteiger partial charge >= 0.3 is 0 Å². The number of benzene rings is 1. The maximum atomic E-state index is 3.11. The van der Waals surface area contributed by atoms with Crippen molar-refractivity contribution in [1.29, 1.82) is 0 Å². The Morgan fingerprint density at radius 3 is 2.92 bits per heavy atom. The van der Waals surface area contributed by atoms with E-state index >= 15 is 0 Å². The minimum atomic E-state index is 1.05. The highest BCUT2D eigenvalue weighted by molar-refractivity contribution is 5.66. The summed E-state index contributed by atoms with van der Waals surface area (Å²) in [6.07, 6.45) is 7.27. The van der Waals surface area contributed by atoms with Crippen molar-refractivity contribution in [2.24, 2.45) is 0 Å². The van der Waals surface area contributed by atoms with Crippen LogP contribution in [0.1, 0.15) is 18.1 Å². The first-order valence-electron chi connectivity index (χ1n) is 4.56. The van der Waals surface area contributed by atoms with Crippen LogP contribution in [0.4, 0.5) is 0 Å². The zero-order chi connectivity index (χ0) is 9.10. The first-order valence-corrected chi connectivity index (χ1v) is 4.56. The molecule has 0 amide bonds. The van der Waals surface area contributed by atoms with Crippen LogP contribution >= 0.6 is 0 Å². The van der Waals surface area contributed by atoms with Crippen molar-refractivity contribution in [3.63, 3.8) is 0 Å². The summed E-state index contributed by atoms with van der Waals surface area (Å²) in [5, 5.41) is 0. The summed E-state index contributed by atoms with van der Waals surface area (Å²) in [5.41, 5.74) is 7.23. The highest BCUT2D eigenvalue weighted by Gasteiger charge is 2.08. The highest BCUT2D eigenvalue weighted by atomic mass is 14.1. The maximum Gasteiger partial charge on any atom is -0.00135 e. The minimum absolute atomic E-state index is 1.05. The maximum absolute atomic E-state index is 3.11. The fourth-order valence-electron chi connectivity index (χ4n) is 1.59. The van der Waals surface area contributed by atoms with Gasteiger partial charge in [0.1, 0.15) is 0 Å². The molecule has 1 aliphatic carbocycles. The van der Waals surface area contributed by atoms with Gasteiger partial charge in [-0.05, 0) is 42.2 Å². The molecule has 0 nitrogen and oxygen atoms in total. The molecule has 0 heteroatoms.